The summed E-state index contributed by atoms with van der Waals surface area (Å²) in [5.74, 6) is 0.712. The summed E-state index contributed by atoms with van der Waals surface area (Å²) in [6.45, 7) is 15.3. The van der Waals surface area contributed by atoms with Crippen LogP contribution in [-0.4, -0.2) is 64.8 Å². The number of aromatic amines is 1. The number of benzene rings is 1. The first-order valence-corrected chi connectivity index (χ1v) is 16.2. The second-order valence-corrected chi connectivity index (χ2v) is 14.6. The summed E-state index contributed by atoms with van der Waals surface area (Å²) in [4.78, 5) is 23.7. The fourth-order valence-electron chi connectivity index (χ4n) is 5.59. The third-order valence-corrected chi connectivity index (χ3v) is 9.23. The predicted octanol–water partition coefficient (Wildman–Crippen LogP) is 4.82. The minimum Gasteiger partial charge on any atom is -0.493 e. The molecule has 4 rings (SSSR count). The van der Waals surface area contributed by atoms with Gasteiger partial charge in [0, 0.05) is 11.6 Å². The van der Waals surface area contributed by atoms with Crippen molar-refractivity contribution in [3.8, 4) is 17.1 Å². The molecule has 1 fully saturated rings. The largest absolute Gasteiger partial charge is 0.493 e. The maximum absolute atomic E-state index is 13.7. The van der Waals surface area contributed by atoms with E-state index in [1.165, 1.54) is 0 Å². The molecule has 0 spiro atoms. The molecule has 0 bridgehead atoms. The Morgan fingerprint density at radius 2 is 1.88 bits per heavy atom. The molecule has 0 radical (unpaired) electrons. The van der Waals surface area contributed by atoms with E-state index in [1.807, 2.05) is 41.5 Å². The lowest BCUT2D eigenvalue weighted by molar-refractivity contribution is 0.247. The number of hydrogen-bond acceptors (Lipinski definition) is 7. The minimum atomic E-state index is -3.89. The Labute approximate surface area is 243 Å². The van der Waals surface area contributed by atoms with Gasteiger partial charge in [-0.2, -0.15) is 5.10 Å². The van der Waals surface area contributed by atoms with Crippen LogP contribution in [0.3, 0.4) is 0 Å². The van der Waals surface area contributed by atoms with E-state index >= 15 is 0 Å². The van der Waals surface area contributed by atoms with Gasteiger partial charge in [0.25, 0.3) is 5.56 Å². The van der Waals surface area contributed by atoms with Gasteiger partial charge in [-0.3, -0.25) is 9.48 Å². The lowest BCUT2D eigenvalue weighted by Gasteiger charge is -2.31. The van der Waals surface area contributed by atoms with Crippen molar-refractivity contribution in [3.05, 3.63) is 34.2 Å². The molecular weight excluding hydrogens is 540 g/mol. The zero-order valence-corrected chi connectivity index (χ0v) is 26.6. The summed E-state index contributed by atoms with van der Waals surface area (Å²) < 4.78 is 38.0. The van der Waals surface area contributed by atoms with Gasteiger partial charge >= 0.3 is 0 Å². The molecule has 1 aliphatic heterocycles. The summed E-state index contributed by atoms with van der Waals surface area (Å²) in [5, 5.41) is 4.76. The number of nitrogens with one attached hydrogen (secondary N) is 2. The van der Waals surface area contributed by atoms with E-state index in [1.54, 1.807) is 22.9 Å². The topological polar surface area (TPSA) is 122 Å². The average molecular weight is 587 g/mol. The number of aromatic nitrogens is 4. The van der Waals surface area contributed by atoms with Crippen LogP contribution >= 0.6 is 0 Å². The quantitative estimate of drug-likeness (QED) is 0.330. The SMILES string of the molecule is CCCOc1ccc(S(=O)(=O)NC(C)(C)CC2CCCN2C)cc1-c1nc2c(CCC)nn(C(C)(C)C)c2c(=O)[nH]1. The highest BCUT2D eigenvalue weighted by Gasteiger charge is 2.33. The van der Waals surface area contributed by atoms with Crippen LogP contribution in [0.4, 0.5) is 0 Å². The highest BCUT2D eigenvalue weighted by Crippen LogP contribution is 2.33. The Hall–Kier alpha value is -2.76. The zero-order chi connectivity index (χ0) is 30.2. The minimum absolute atomic E-state index is 0.0890. The van der Waals surface area contributed by atoms with Crippen LogP contribution in [-0.2, 0) is 22.0 Å². The van der Waals surface area contributed by atoms with Crippen molar-refractivity contribution in [1.82, 2.24) is 29.4 Å². The van der Waals surface area contributed by atoms with Gasteiger partial charge in [-0.15, -0.1) is 0 Å². The molecule has 1 unspecified atom stereocenters. The Morgan fingerprint density at radius 1 is 1.15 bits per heavy atom. The van der Waals surface area contributed by atoms with Crippen molar-refractivity contribution in [2.24, 2.45) is 0 Å². The zero-order valence-electron chi connectivity index (χ0n) is 25.8. The van der Waals surface area contributed by atoms with Gasteiger partial charge < -0.3 is 14.6 Å². The Morgan fingerprint density at radius 3 is 2.49 bits per heavy atom. The van der Waals surface area contributed by atoms with Crippen LogP contribution in [0, 0.1) is 0 Å². The van der Waals surface area contributed by atoms with Crippen molar-refractivity contribution >= 4 is 21.1 Å². The van der Waals surface area contributed by atoms with Gasteiger partial charge in [0.05, 0.1) is 28.3 Å². The van der Waals surface area contributed by atoms with E-state index in [0.29, 0.717) is 47.8 Å². The van der Waals surface area contributed by atoms with E-state index in [4.69, 9.17) is 14.8 Å². The van der Waals surface area contributed by atoms with Crippen molar-refractivity contribution in [1.29, 1.82) is 0 Å². The molecule has 10 nitrogen and oxygen atoms in total. The van der Waals surface area contributed by atoms with E-state index in [0.717, 1.165) is 37.9 Å². The van der Waals surface area contributed by atoms with Gasteiger partial charge in [-0.05, 0) is 98.5 Å². The van der Waals surface area contributed by atoms with Crippen molar-refractivity contribution in [2.75, 3.05) is 20.2 Å². The molecule has 3 heterocycles. The van der Waals surface area contributed by atoms with Crippen LogP contribution in [0.15, 0.2) is 27.9 Å². The third-order valence-electron chi connectivity index (χ3n) is 7.53. The molecule has 2 N–H and O–H groups in total. The molecule has 1 aliphatic rings. The van der Waals surface area contributed by atoms with Crippen LogP contribution in [0.25, 0.3) is 22.4 Å². The van der Waals surface area contributed by atoms with Crippen LogP contribution in [0.5, 0.6) is 5.75 Å². The molecule has 1 saturated heterocycles. The van der Waals surface area contributed by atoms with Crippen molar-refractivity contribution in [2.45, 2.75) is 109 Å². The molecule has 41 heavy (non-hydrogen) atoms. The van der Waals surface area contributed by atoms with E-state index < -0.39 is 21.1 Å². The van der Waals surface area contributed by atoms with Gasteiger partial charge in [-0.1, -0.05) is 20.3 Å². The predicted molar refractivity (Wildman–Crippen MR) is 163 cm³/mol. The maximum Gasteiger partial charge on any atom is 0.277 e. The molecule has 0 amide bonds. The van der Waals surface area contributed by atoms with E-state index in [9.17, 15) is 13.2 Å². The highest BCUT2D eigenvalue weighted by molar-refractivity contribution is 7.89. The normalized spacial score (nSPS) is 17.0. The molecule has 11 heteroatoms. The summed E-state index contributed by atoms with van der Waals surface area (Å²) in [7, 11) is -1.80. The number of aryl methyl sites for hydroxylation is 1. The van der Waals surface area contributed by atoms with Gasteiger partial charge in [0.1, 0.15) is 17.1 Å². The summed E-state index contributed by atoms with van der Waals surface area (Å²) in [6.07, 6.45) is 5.16. The lowest BCUT2D eigenvalue weighted by Crippen LogP contribution is -2.47. The second-order valence-electron chi connectivity index (χ2n) is 12.9. The number of rotatable bonds is 11. The Kier molecular flexibility index (Phi) is 9.01. The van der Waals surface area contributed by atoms with E-state index in [-0.39, 0.29) is 16.3 Å². The van der Waals surface area contributed by atoms with Crippen LogP contribution < -0.4 is 15.0 Å². The number of sulfonamides is 1. The molecule has 2 aromatic heterocycles. The highest BCUT2D eigenvalue weighted by atomic mass is 32.2. The third kappa shape index (κ3) is 6.84. The molecule has 3 aromatic rings. The van der Waals surface area contributed by atoms with Crippen molar-refractivity contribution in [3.63, 3.8) is 0 Å². The number of hydrogen-bond donors (Lipinski definition) is 2. The molecule has 1 aromatic carbocycles. The average Bonchev–Trinajstić information content (AvgIpc) is 3.45. The van der Waals surface area contributed by atoms with Gasteiger partial charge in [-0.25, -0.2) is 18.1 Å². The molecule has 0 aliphatic carbocycles. The standard InChI is InChI=1S/C30H46N6O4S/c1-9-12-23-25-26(36(33-23)29(3,4)5)28(37)32-27(31-25)22-18-21(14-15-24(22)40-17-10-2)41(38,39)34-30(6,7)19-20-13-11-16-35(20)8/h14-15,18,20,34H,9-13,16-17,19H2,1-8H3,(H,31,32,37). The number of ether oxygens (including phenoxy) is 1. The summed E-state index contributed by atoms with van der Waals surface area (Å²) in [6, 6.07) is 5.07. The molecular formula is C30H46N6O4S. The first kappa shape index (κ1) is 31.2. The number of H-pyrrole nitrogens is 1. The van der Waals surface area contributed by atoms with Gasteiger partial charge in [0.2, 0.25) is 10.0 Å². The van der Waals surface area contributed by atoms with Crippen LogP contribution in [0.2, 0.25) is 0 Å². The fourth-order valence-corrected chi connectivity index (χ4v) is 7.04. The number of fused-ring (bicyclic) bond motifs is 1. The molecule has 0 saturated carbocycles. The first-order valence-electron chi connectivity index (χ1n) is 14.7. The number of likely N-dealkylation sites (tertiary alicyclic amines) is 1. The van der Waals surface area contributed by atoms with Crippen molar-refractivity contribution < 1.29 is 13.2 Å². The monoisotopic (exact) mass is 586 g/mol. The summed E-state index contributed by atoms with van der Waals surface area (Å²) in [5.41, 5.74) is 0.686. The number of nitrogens with zero attached hydrogens (tertiary/aromatic N) is 4. The smallest absolute Gasteiger partial charge is 0.277 e. The fraction of sp³-hybridized carbons (Fsp3) is 0.633. The molecule has 226 valence electrons. The van der Waals surface area contributed by atoms with E-state index in [2.05, 4.69) is 28.6 Å². The Balaban J connectivity index is 1.80. The molecule has 1 atom stereocenters. The lowest BCUT2D eigenvalue weighted by atomic mass is 9.95. The van der Waals surface area contributed by atoms with Crippen LogP contribution in [0.1, 0.15) is 86.3 Å². The Bertz CT molecular complexity index is 1550. The second kappa shape index (κ2) is 11.9. The van der Waals surface area contributed by atoms with Gasteiger partial charge in [0.15, 0.2) is 5.52 Å². The summed E-state index contributed by atoms with van der Waals surface area (Å²) >= 11 is 0. The first-order chi connectivity index (χ1) is 19.2. The maximum atomic E-state index is 13.7.